The molecule has 2 N–H and O–H groups in total. The summed E-state index contributed by atoms with van der Waals surface area (Å²) in [5.41, 5.74) is 1.14. The van der Waals surface area contributed by atoms with Gasteiger partial charge in [-0.1, -0.05) is 11.6 Å². The van der Waals surface area contributed by atoms with E-state index in [2.05, 4.69) is 10.3 Å². The Hall–Kier alpha value is -1.62. The molecule has 0 bridgehead atoms. The summed E-state index contributed by atoms with van der Waals surface area (Å²) in [6, 6.07) is 11.1. The number of nitrogens with zero attached hydrogens (tertiary/aromatic N) is 1. The predicted molar refractivity (Wildman–Crippen MR) is 83.6 cm³/mol. The summed E-state index contributed by atoms with van der Waals surface area (Å²) < 4.78 is 5.50. The third-order valence-corrected chi connectivity index (χ3v) is 3.37. The van der Waals surface area contributed by atoms with Crippen molar-refractivity contribution in [2.45, 2.75) is 19.1 Å². The third-order valence-electron chi connectivity index (χ3n) is 3.12. The molecule has 0 aliphatic heterocycles. The second-order valence-electron chi connectivity index (χ2n) is 4.83. The average molecular weight is 307 g/mol. The minimum Gasteiger partial charge on any atom is -0.491 e. The van der Waals surface area contributed by atoms with Crippen molar-refractivity contribution in [1.29, 1.82) is 0 Å². The monoisotopic (exact) mass is 306 g/mol. The summed E-state index contributed by atoms with van der Waals surface area (Å²) in [7, 11) is 0. The zero-order valence-electron chi connectivity index (χ0n) is 11.9. The van der Waals surface area contributed by atoms with E-state index in [0.717, 1.165) is 5.56 Å². The lowest BCUT2D eigenvalue weighted by atomic mass is 10.1. The van der Waals surface area contributed by atoms with Crippen molar-refractivity contribution in [2.24, 2.45) is 0 Å². The molecule has 0 spiro atoms. The van der Waals surface area contributed by atoms with Crippen LogP contribution in [0.25, 0.3) is 0 Å². The zero-order chi connectivity index (χ0) is 15.1. The van der Waals surface area contributed by atoms with Crippen LogP contribution >= 0.6 is 11.6 Å². The molecule has 1 aromatic heterocycles. The molecule has 0 radical (unpaired) electrons. The first-order valence-electron chi connectivity index (χ1n) is 6.85. The van der Waals surface area contributed by atoms with Crippen molar-refractivity contribution < 1.29 is 9.84 Å². The zero-order valence-corrected chi connectivity index (χ0v) is 12.6. The van der Waals surface area contributed by atoms with Crippen LogP contribution < -0.4 is 10.1 Å². The fraction of sp³-hybridized carbons (Fsp3) is 0.312. The van der Waals surface area contributed by atoms with E-state index in [-0.39, 0.29) is 12.6 Å². The standard InChI is InChI=1S/C16H19ClN2O2/c1-12(13-6-8-18-9-7-13)19-10-15(20)11-21-16-4-2-14(17)3-5-16/h2-9,12,15,19-20H,10-11H2,1H3/t12-,15?/m0/s1. The molecule has 0 saturated heterocycles. The number of rotatable bonds is 7. The SMILES string of the molecule is C[C@H](NCC(O)COc1ccc(Cl)cc1)c1ccncc1. The smallest absolute Gasteiger partial charge is 0.119 e. The van der Waals surface area contributed by atoms with Gasteiger partial charge in [0.05, 0.1) is 0 Å². The summed E-state index contributed by atoms with van der Waals surface area (Å²) in [4.78, 5) is 3.99. The van der Waals surface area contributed by atoms with Gasteiger partial charge < -0.3 is 15.2 Å². The van der Waals surface area contributed by atoms with Crippen LogP contribution in [0.2, 0.25) is 5.02 Å². The Morgan fingerprint density at radius 2 is 1.86 bits per heavy atom. The molecule has 5 heteroatoms. The molecule has 0 fully saturated rings. The average Bonchev–Trinajstić information content (AvgIpc) is 2.53. The Morgan fingerprint density at radius 3 is 2.52 bits per heavy atom. The van der Waals surface area contributed by atoms with E-state index in [0.29, 0.717) is 17.3 Å². The molecule has 0 amide bonds. The molecule has 2 aromatic rings. The highest BCUT2D eigenvalue weighted by atomic mass is 35.5. The molecule has 1 unspecified atom stereocenters. The Balaban J connectivity index is 1.72. The summed E-state index contributed by atoms with van der Waals surface area (Å²) in [6.07, 6.45) is 2.94. The van der Waals surface area contributed by atoms with Crippen LogP contribution in [0.4, 0.5) is 0 Å². The molecular weight excluding hydrogens is 288 g/mol. The Labute approximate surface area is 129 Å². The number of aromatic nitrogens is 1. The van der Waals surface area contributed by atoms with Gasteiger partial charge in [-0.15, -0.1) is 0 Å². The van der Waals surface area contributed by atoms with Crippen molar-refractivity contribution in [2.75, 3.05) is 13.2 Å². The van der Waals surface area contributed by atoms with Crippen LogP contribution in [-0.4, -0.2) is 29.3 Å². The molecule has 1 aromatic carbocycles. The number of nitrogens with one attached hydrogen (secondary N) is 1. The van der Waals surface area contributed by atoms with Crippen LogP contribution in [0.15, 0.2) is 48.8 Å². The van der Waals surface area contributed by atoms with Gasteiger partial charge in [-0.05, 0) is 48.9 Å². The fourth-order valence-corrected chi connectivity index (χ4v) is 1.99. The van der Waals surface area contributed by atoms with Crippen LogP contribution in [-0.2, 0) is 0 Å². The molecule has 0 aliphatic carbocycles. The normalized spacial score (nSPS) is 13.7. The van der Waals surface area contributed by atoms with Gasteiger partial charge in [-0.2, -0.15) is 0 Å². The van der Waals surface area contributed by atoms with Crippen molar-refractivity contribution in [3.8, 4) is 5.75 Å². The first kappa shape index (κ1) is 15.8. The number of hydrogen-bond acceptors (Lipinski definition) is 4. The Bertz CT molecular complexity index is 534. The van der Waals surface area contributed by atoms with E-state index < -0.39 is 6.10 Å². The molecule has 112 valence electrons. The molecule has 0 aliphatic rings. The first-order valence-corrected chi connectivity index (χ1v) is 7.22. The van der Waals surface area contributed by atoms with E-state index in [1.165, 1.54) is 0 Å². The highest BCUT2D eigenvalue weighted by Gasteiger charge is 2.09. The molecule has 2 atom stereocenters. The molecular formula is C16H19ClN2O2. The molecule has 1 heterocycles. The van der Waals surface area contributed by atoms with Gasteiger partial charge in [0.1, 0.15) is 18.5 Å². The minimum absolute atomic E-state index is 0.151. The first-order chi connectivity index (χ1) is 10.1. The second kappa shape index (κ2) is 7.98. The number of pyridine rings is 1. The summed E-state index contributed by atoms with van der Waals surface area (Å²) >= 11 is 5.80. The number of aliphatic hydroxyl groups excluding tert-OH is 1. The number of halogens is 1. The number of hydrogen-bond donors (Lipinski definition) is 2. The summed E-state index contributed by atoms with van der Waals surface area (Å²) in [6.45, 7) is 2.73. The van der Waals surface area contributed by atoms with E-state index >= 15 is 0 Å². The molecule has 21 heavy (non-hydrogen) atoms. The molecule has 0 saturated carbocycles. The third kappa shape index (κ3) is 5.34. The lowest BCUT2D eigenvalue weighted by Crippen LogP contribution is -2.33. The predicted octanol–water partition coefficient (Wildman–Crippen LogP) is 2.83. The van der Waals surface area contributed by atoms with Gasteiger partial charge in [-0.25, -0.2) is 0 Å². The van der Waals surface area contributed by atoms with Gasteiger partial charge >= 0.3 is 0 Å². The van der Waals surface area contributed by atoms with E-state index in [1.54, 1.807) is 36.7 Å². The lowest BCUT2D eigenvalue weighted by Gasteiger charge is -2.17. The van der Waals surface area contributed by atoms with Crippen LogP contribution in [0.1, 0.15) is 18.5 Å². The quantitative estimate of drug-likeness (QED) is 0.826. The Morgan fingerprint density at radius 1 is 1.19 bits per heavy atom. The topological polar surface area (TPSA) is 54.4 Å². The largest absolute Gasteiger partial charge is 0.491 e. The van der Waals surface area contributed by atoms with Gasteiger partial charge in [0, 0.05) is 30.0 Å². The molecule has 4 nitrogen and oxygen atoms in total. The highest BCUT2D eigenvalue weighted by Crippen LogP contribution is 2.15. The maximum Gasteiger partial charge on any atom is 0.119 e. The van der Waals surface area contributed by atoms with Gasteiger partial charge in [0.15, 0.2) is 0 Å². The van der Waals surface area contributed by atoms with Crippen molar-refractivity contribution in [3.05, 3.63) is 59.4 Å². The Kier molecular flexibility index (Phi) is 5.99. The van der Waals surface area contributed by atoms with Gasteiger partial charge in [0.25, 0.3) is 0 Å². The number of benzene rings is 1. The van der Waals surface area contributed by atoms with E-state index in [4.69, 9.17) is 16.3 Å². The van der Waals surface area contributed by atoms with Crippen LogP contribution in [0, 0.1) is 0 Å². The van der Waals surface area contributed by atoms with Crippen molar-refractivity contribution in [3.63, 3.8) is 0 Å². The van der Waals surface area contributed by atoms with E-state index in [9.17, 15) is 5.11 Å². The van der Waals surface area contributed by atoms with Gasteiger partial charge in [0.2, 0.25) is 0 Å². The van der Waals surface area contributed by atoms with Crippen molar-refractivity contribution >= 4 is 11.6 Å². The number of ether oxygens (including phenoxy) is 1. The van der Waals surface area contributed by atoms with Crippen LogP contribution in [0.5, 0.6) is 5.75 Å². The van der Waals surface area contributed by atoms with Gasteiger partial charge in [-0.3, -0.25) is 4.98 Å². The molecule has 2 rings (SSSR count). The van der Waals surface area contributed by atoms with Crippen LogP contribution in [0.3, 0.4) is 0 Å². The fourth-order valence-electron chi connectivity index (χ4n) is 1.86. The minimum atomic E-state index is -0.579. The lowest BCUT2D eigenvalue weighted by molar-refractivity contribution is 0.104. The maximum absolute atomic E-state index is 9.93. The highest BCUT2D eigenvalue weighted by molar-refractivity contribution is 6.30. The number of aliphatic hydroxyl groups is 1. The van der Waals surface area contributed by atoms with Crippen molar-refractivity contribution in [1.82, 2.24) is 10.3 Å². The second-order valence-corrected chi connectivity index (χ2v) is 5.27. The van der Waals surface area contributed by atoms with E-state index in [1.807, 2.05) is 19.1 Å². The summed E-state index contributed by atoms with van der Waals surface area (Å²) in [5, 5.41) is 13.9. The maximum atomic E-state index is 9.93. The summed E-state index contributed by atoms with van der Waals surface area (Å²) in [5.74, 6) is 0.695.